The van der Waals surface area contributed by atoms with Crippen molar-refractivity contribution in [3.05, 3.63) is 71.8 Å². The van der Waals surface area contributed by atoms with Crippen molar-refractivity contribution in [3.63, 3.8) is 0 Å². The Morgan fingerprint density at radius 3 is 1.68 bits per heavy atom. The van der Waals surface area contributed by atoms with Gasteiger partial charge in [0.15, 0.2) is 0 Å². The quantitative estimate of drug-likeness (QED) is 0.863. The Kier molecular flexibility index (Phi) is 4.31. The van der Waals surface area contributed by atoms with Crippen LogP contribution in [-0.4, -0.2) is 24.2 Å². The minimum Gasteiger partial charge on any atom is -0.480 e. The number of hydrogen-bond acceptors (Lipinski definition) is 2. The second-order valence-corrected chi connectivity index (χ2v) is 4.40. The first kappa shape index (κ1) is 13.3. The average molecular weight is 255 g/mol. The van der Waals surface area contributed by atoms with Crippen molar-refractivity contribution in [2.24, 2.45) is 0 Å². The largest absolute Gasteiger partial charge is 0.480 e. The number of likely N-dealkylation sites (N-methyl/N-ethyl adjacent to an activating group) is 1. The Bertz CT molecular complexity index is 485. The summed E-state index contributed by atoms with van der Waals surface area (Å²) in [5.41, 5.74) is 1.99. The molecule has 1 atom stereocenters. The zero-order valence-corrected chi connectivity index (χ0v) is 10.8. The summed E-state index contributed by atoms with van der Waals surface area (Å²) in [5.74, 6) is -1.05. The van der Waals surface area contributed by atoms with E-state index in [1.807, 2.05) is 60.7 Å². The van der Waals surface area contributed by atoms with Crippen molar-refractivity contribution in [2.45, 2.75) is 12.0 Å². The number of carboxylic acids is 1. The summed E-state index contributed by atoms with van der Waals surface area (Å²) in [6.45, 7) is 0. The predicted octanol–water partition coefficient (Wildman–Crippen LogP) is 2.49. The van der Waals surface area contributed by atoms with Crippen LogP contribution >= 0.6 is 0 Å². The fourth-order valence-corrected chi connectivity index (χ4v) is 2.33. The van der Waals surface area contributed by atoms with Crippen LogP contribution in [0.15, 0.2) is 60.7 Å². The summed E-state index contributed by atoms with van der Waals surface area (Å²) in [5, 5.41) is 12.3. The van der Waals surface area contributed by atoms with Crippen molar-refractivity contribution < 1.29 is 9.90 Å². The van der Waals surface area contributed by atoms with E-state index in [0.717, 1.165) is 11.1 Å². The van der Waals surface area contributed by atoms with Crippen molar-refractivity contribution in [2.75, 3.05) is 7.05 Å². The number of aliphatic carboxylic acids is 1. The lowest BCUT2D eigenvalue weighted by molar-refractivity contribution is -0.139. The highest BCUT2D eigenvalue weighted by Crippen LogP contribution is 2.28. The fraction of sp³-hybridized carbons (Fsp3) is 0.188. The van der Waals surface area contributed by atoms with Gasteiger partial charge >= 0.3 is 5.97 Å². The molecule has 3 heteroatoms. The minimum atomic E-state index is -0.847. The van der Waals surface area contributed by atoms with Crippen molar-refractivity contribution in [1.82, 2.24) is 5.32 Å². The first-order valence-electron chi connectivity index (χ1n) is 6.24. The molecule has 0 aliphatic rings. The molecule has 0 heterocycles. The highest BCUT2D eigenvalue weighted by Gasteiger charge is 2.29. The molecule has 0 bridgehead atoms. The van der Waals surface area contributed by atoms with Gasteiger partial charge in [0.1, 0.15) is 6.04 Å². The Morgan fingerprint density at radius 2 is 1.37 bits per heavy atom. The molecule has 1 unspecified atom stereocenters. The van der Waals surface area contributed by atoms with Crippen LogP contribution in [0.3, 0.4) is 0 Å². The number of nitrogens with one attached hydrogen (secondary N) is 1. The molecule has 0 amide bonds. The smallest absolute Gasteiger partial charge is 0.321 e. The Labute approximate surface area is 112 Å². The zero-order valence-electron chi connectivity index (χ0n) is 10.8. The number of benzene rings is 2. The Morgan fingerprint density at radius 1 is 0.947 bits per heavy atom. The van der Waals surface area contributed by atoms with Crippen molar-refractivity contribution in [3.8, 4) is 0 Å². The fourth-order valence-electron chi connectivity index (χ4n) is 2.33. The summed E-state index contributed by atoms with van der Waals surface area (Å²) in [6.07, 6.45) is 0. The summed E-state index contributed by atoms with van der Waals surface area (Å²) in [4.78, 5) is 11.5. The SMILES string of the molecule is CNC(C(=O)O)C(c1ccccc1)c1ccccc1. The van der Waals surface area contributed by atoms with Gasteiger partial charge < -0.3 is 10.4 Å². The highest BCUT2D eigenvalue weighted by atomic mass is 16.4. The molecular formula is C16H17NO2. The van der Waals surface area contributed by atoms with Crippen LogP contribution in [0.2, 0.25) is 0 Å². The standard InChI is InChI=1S/C16H17NO2/c1-17-15(16(18)19)14(12-8-4-2-5-9-12)13-10-6-3-7-11-13/h2-11,14-15,17H,1H3,(H,18,19). The molecule has 19 heavy (non-hydrogen) atoms. The van der Waals surface area contributed by atoms with Crippen molar-refractivity contribution in [1.29, 1.82) is 0 Å². The molecule has 2 aromatic rings. The maximum absolute atomic E-state index is 11.5. The molecule has 3 nitrogen and oxygen atoms in total. The van der Waals surface area contributed by atoms with E-state index in [1.165, 1.54) is 0 Å². The lowest BCUT2D eigenvalue weighted by Gasteiger charge is -2.24. The molecule has 0 saturated heterocycles. The molecule has 2 N–H and O–H groups in total. The molecule has 0 aliphatic carbocycles. The van der Waals surface area contributed by atoms with Gasteiger partial charge in [-0.1, -0.05) is 60.7 Å². The molecule has 0 aliphatic heterocycles. The van der Waals surface area contributed by atoms with E-state index >= 15 is 0 Å². The number of carbonyl (C=O) groups is 1. The van der Waals surface area contributed by atoms with Crippen LogP contribution in [0.1, 0.15) is 17.0 Å². The van der Waals surface area contributed by atoms with Gasteiger partial charge in [0.05, 0.1) is 0 Å². The first-order valence-corrected chi connectivity index (χ1v) is 6.24. The van der Waals surface area contributed by atoms with Crippen LogP contribution in [0, 0.1) is 0 Å². The van der Waals surface area contributed by atoms with Crippen LogP contribution in [0.4, 0.5) is 0 Å². The highest BCUT2D eigenvalue weighted by molar-refractivity contribution is 5.76. The third-order valence-electron chi connectivity index (χ3n) is 3.23. The van der Waals surface area contributed by atoms with Gasteiger partial charge in [0.2, 0.25) is 0 Å². The third-order valence-corrected chi connectivity index (χ3v) is 3.23. The molecule has 0 spiro atoms. The summed E-state index contributed by atoms with van der Waals surface area (Å²) >= 11 is 0. The molecule has 0 radical (unpaired) electrons. The topological polar surface area (TPSA) is 49.3 Å². The average Bonchev–Trinajstić information content (AvgIpc) is 2.46. The molecule has 98 valence electrons. The van der Waals surface area contributed by atoms with E-state index in [4.69, 9.17) is 0 Å². The normalized spacial score (nSPS) is 12.3. The van der Waals surface area contributed by atoms with Gasteiger partial charge in [-0.15, -0.1) is 0 Å². The maximum Gasteiger partial charge on any atom is 0.321 e. The second kappa shape index (κ2) is 6.16. The molecular weight excluding hydrogens is 238 g/mol. The number of carboxylic acid groups (broad SMARTS) is 1. The van der Waals surface area contributed by atoms with Gasteiger partial charge in [-0.05, 0) is 18.2 Å². The summed E-state index contributed by atoms with van der Waals surface area (Å²) < 4.78 is 0. The van der Waals surface area contributed by atoms with Crippen LogP contribution in [0.5, 0.6) is 0 Å². The third kappa shape index (κ3) is 3.01. The van der Waals surface area contributed by atoms with Gasteiger partial charge in [0, 0.05) is 5.92 Å². The van der Waals surface area contributed by atoms with E-state index in [0.29, 0.717) is 0 Å². The van der Waals surface area contributed by atoms with Crippen LogP contribution in [0.25, 0.3) is 0 Å². The number of hydrogen-bond donors (Lipinski definition) is 2. The van der Waals surface area contributed by atoms with Crippen molar-refractivity contribution >= 4 is 5.97 Å². The van der Waals surface area contributed by atoms with Crippen LogP contribution < -0.4 is 5.32 Å². The number of rotatable bonds is 5. The summed E-state index contributed by atoms with van der Waals surface area (Å²) in [6, 6.07) is 18.8. The first-order chi connectivity index (χ1) is 9.24. The molecule has 0 saturated carbocycles. The van der Waals surface area contributed by atoms with E-state index < -0.39 is 12.0 Å². The van der Waals surface area contributed by atoms with Gasteiger partial charge in [-0.3, -0.25) is 4.79 Å². The van der Waals surface area contributed by atoms with Gasteiger partial charge in [-0.25, -0.2) is 0 Å². The van der Waals surface area contributed by atoms with Gasteiger partial charge in [-0.2, -0.15) is 0 Å². The Hall–Kier alpha value is -2.13. The van der Waals surface area contributed by atoms with E-state index in [9.17, 15) is 9.90 Å². The Balaban J connectivity index is 2.48. The van der Waals surface area contributed by atoms with E-state index in [-0.39, 0.29) is 5.92 Å². The van der Waals surface area contributed by atoms with Gasteiger partial charge in [0.25, 0.3) is 0 Å². The zero-order chi connectivity index (χ0) is 13.7. The molecule has 2 aromatic carbocycles. The summed E-state index contributed by atoms with van der Waals surface area (Å²) in [7, 11) is 1.68. The molecule has 0 fully saturated rings. The van der Waals surface area contributed by atoms with E-state index in [1.54, 1.807) is 7.05 Å². The minimum absolute atomic E-state index is 0.204. The second-order valence-electron chi connectivity index (χ2n) is 4.40. The maximum atomic E-state index is 11.5. The lowest BCUT2D eigenvalue weighted by Crippen LogP contribution is -2.40. The van der Waals surface area contributed by atoms with Crippen LogP contribution in [-0.2, 0) is 4.79 Å². The lowest BCUT2D eigenvalue weighted by atomic mass is 9.85. The molecule has 0 aromatic heterocycles. The predicted molar refractivity (Wildman–Crippen MR) is 75.2 cm³/mol. The monoisotopic (exact) mass is 255 g/mol. The van der Waals surface area contributed by atoms with E-state index in [2.05, 4.69) is 5.32 Å². The molecule has 2 rings (SSSR count).